The van der Waals surface area contributed by atoms with Crippen LogP contribution >= 0.6 is 0 Å². The number of nitrogens with zero attached hydrogens (tertiary/aromatic N) is 2. The van der Waals surface area contributed by atoms with Gasteiger partial charge in [-0.15, -0.1) is 0 Å². The summed E-state index contributed by atoms with van der Waals surface area (Å²) in [6.07, 6.45) is -0.779. The molecule has 25 heavy (non-hydrogen) atoms. The molecular weight excluding hydrogens is 331 g/mol. The SMILES string of the molecule is CN(C)[C@H]1CCCN(C(=O)NCCc2ccc(C(F)(F)F)cc2)CC1. The fourth-order valence-corrected chi connectivity index (χ4v) is 3.08. The summed E-state index contributed by atoms with van der Waals surface area (Å²) in [4.78, 5) is 16.3. The molecule has 1 heterocycles. The third-order valence-electron chi connectivity index (χ3n) is 4.69. The first-order valence-corrected chi connectivity index (χ1v) is 8.62. The highest BCUT2D eigenvalue weighted by Gasteiger charge is 2.29. The van der Waals surface area contributed by atoms with E-state index in [1.165, 1.54) is 12.1 Å². The Morgan fingerprint density at radius 2 is 1.88 bits per heavy atom. The van der Waals surface area contributed by atoms with Crippen molar-refractivity contribution in [1.82, 2.24) is 15.1 Å². The topological polar surface area (TPSA) is 35.6 Å². The van der Waals surface area contributed by atoms with Crippen molar-refractivity contribution in [3.8, 4) is 0 Å². The van der Waals surface area contributed by atoms with Gasteiger partial charge in [-0.05, 0) is 57.5 Å². The van der Waals surface area contributed by atoms with Crippen molar-refractivity contribution < 1.29 is 18.0 Å². The van der Waals surface area contributed by atoms with Crippen LogP contribution in [0.3, 0.4) is 0 Å². The summed E-state index contributed by atoms with van der Waals surface area (Å²) < 4.78 is 37.6. The van der Waals surface area contributed by atoms with E-state index in [0.717, 1.165) is 50.0 Å². The molecule has 1 aromatic carbocycles. The zero-order chi connectivity index (χ0) is 18.4. The van der Waals surface area contributed by atoms with Crippen molar-refractivity contribution in [2.45, 2.75) is 37.9 Å². The van der Waals surface area contributed by atoms with Crippen molar-refractivity contribution in [3.63, 3.8) is 0 Å². The maximum atomic E-state index is 12.5. The van der Waals surface area contributed by atoms with Crippen molar-refractivity contribution in [2.75, 3.05) is 33.7 Å². The summed E-state index contributed by atoms with van der Waals surface area (Å²) in [6, 6.07) is 5.49. The van der Waals surface area contributed by atoms with Crippen molar-refractivity contribution in [1.29, 1.82) is 0 Å². The Morgan fingerprint density at radius 1 is 1.20 bits per heavy atom. The summed E-state index contributed by atoms with van der Waals surface area (Å²) >= 11 is 0. The molecule has 0 bridgehead atoms. The van der Waals surface area contributed by atoms with E-state index in [-0.39, 0.29) is 6.03 Å². The molecule has 0 saturated carbocycles. The quantitative estimate of drug-likeness (QED) is 0.897. The van der Waals surface area contributed by atoms with Gasteiger partial charge < -0.3 is 15.1 Å². The van der Waals surface area contributed by atoms with Gasteiger partial charge in [0.1, 0.15) is 0 Å². The van der Waals surface area contributed by atoms with E-state index in [4.69, 9.17) is 0 Å². The first-order valence-electron chi connectivity index (χ1n) is 8.62. The Bertz CT molecular complexity index is 558. The van der Waals surface area contributed by atoms with Crippen molar-refractivity contribution in [3.05, 3.63) is 35.4 Å². The van der Waals surface area contributed by atoms with Gasteiger partial charge in [-0.2, -0.15) is 13.2 Å². The lowest BCUT2D eigenvalue weighted by Crippen LogP contribution is -2.41. The third-order valence-corrected chi connectivity index (χ3v) is 4.69. The maximum Gasteiger partial charge on any atom is 0.416 e. The number of hydrogen-bond donors (Lipinski definition) is 1. The Hall–Kier alpha value is -1.76. The van der Waals surface area contributed by atoms with E-state index in [0.29, 0.717) is 19.0 Å². The number of amides is 2. The van der Waals surface area contributed by atoms with Crippen LogP contribution in [0.5, 0.6) is 0 Å². The van der Waals surface area contributed by atoms with Crippen LogP contribution in [-0.2, 0) is 12.6 Å². The minimum Gasteiger partial charge on any atom is -0.338 e. The second kappa shape index (κ2) is 8.56. The average Bonchev–Trinajstić information content (AvgIpc) is 2.80. The van der Waals surface area contributed by atoms with Gasteiger partial charge in [0.2, 0.25) is 0 Å². The van der Waals surface area contributed by atoms with Gasteiger partial charge in [-0.1, -0.05) is 12.1 Å². The van der Waals surface area contributed by atoms with Crippen LogP contribution in [0.4, 0.5) is 18.0 Å². The standard InChI is InChI=1S/C18H26F3N3O/c1-23(2)16-4-3-12-24(13-10-16)17(25)22-11-9-14-5-7-15(8-6-14)18(19,20)21/h5-8,16H,3-4,9-13H2,1-2H3,(H,22,25)/t16-/m0/s1. The molecule has 140 valence electrons. The van der Waals surface area contributed by atoms with Gasteiger partial charge in [0.15, 0.2) is 0 Å². The number of nitrogens with one attached hydrogen (secondary N) is 1. The largest absolute Gasteiger partial charge is 0.416 e. The lowest BCUT2D eigenvalue weighted by atomic mass is 10.1. The zero-order valence-electron chi connectivity index (χ0n) is 14.8. The van der Waals surface area contributed by atoms with Gasteiger partial charge >= 0.3 is 12.2 Å². The summed E-state index contributed by atoms with van der Waals surface area (Å²) in [5, 5.41) is 2.87. The number of carbonyl (C=O) groups is 1. The van der Waals surface area contributed by atoms with E-state index in [1.54, 1.807) is 0 Å². The van der Waals surface area contributed by atoms with E-state index >= 15 is 0 Å². The molecule has 0 spiro atoms. The monoisotopic (exact) mass is 357 g/mol. The molecule has 1 saturated heterocycles. The Morgan fingerprint density at radius 3 is 2.48 bits per heavy atom. The highest BCUT2D eigenvalue weighted by atomic mass is 19.4. The van der Waals surface area contributed by atoms with Gasteiger partial charge in [-0.25, -0.2) is 4.79 Å². The second-order valence-electron chi connectivity index (χ2n) is 6.71. The molecule has 0 aromatic heterocycles. The number of halogens is 3. The molecule has 1 N–H and O–H groups in total. The van der Waals surface area contributed by atoms with E-state index in [1.807, 2.05) is 4.90 Å². The van der Waals surface area contributed by atoms with Crippen LogP contribution in [0.25, 0.3) is 0 Å². The maximum absolute atomic E-state index is 12.5. The molecule has 0 radical (unpaired) electrons. The minimum absolute atomic E-state index is 0.0914. The number of likely N-dealkylation sites (tertiary alicyclic amines) is 1. The van der Waals surface area contributed by atoms with Gasteiger partial charge in [-0.3, -0.25) is 0 Å². The van der Waals surface area contributed by atoms with E-state index < -0.39 is 11.7 Å². The van der Waals surface area contributed by atoms with Gasteiger partial charge in [0, 0.05) is 25.7 Å². The van der Waals surface area contributed by atoms with Crippen LogP contribution < -0.4 is 5.32 Å². The molecule has 7 heteroatoms. The molecule has 1 aliphatic heterocycles. The molecule has 1 fully saturated rings. The Labute approximate surface area is 147 Å². The second-order valence-corrected chi connectivity index (χ2v) is 6.71. The predicted octanol–water partition coefficient (Wildman–Crippen LogP) is 3.37. The molecule has 0 unspecified atom stereocenters. The fourth-order valence-electron chi connectivity index (χ4n) is 3.08. The van der Waals surface area contributed by atoms with Crippen LogP contribution in [0.1, 0.15) is 30.4 Å². The summed E-state index contributed by atoms with van der Waals surface area (Å²) in [5.74, 6) is 0. The van der Waals surface area contributed by atoms with E-state index in [9.17, 15) is 18.0 Å². The van der Waals surface area contributed by atoms with Crippen molar-refractivity contribution in [2.24, 2.45) is 0 Å². The number of alkyl halides is 3. The molecule has 2 rings (SSSR count). The summed E-state index contributed by atoms with van der Waals surface area (Å²) in [7, 11) is 4.12. The molecule has 0 aliphatic carbocycles. The Kier molecular flexibility index (Phi) is 6.70. The first kappa shape index (κ1) is 19.6. The number of hydrogen-bond acceptors (Lipinski definition) is 2. The average molecular weight is 357 g/mol. The Balaban J connectivity index is 1.76. The van der Waals surface area contributed by atoms with Crippen molar-refractivity contribution >= 4 is 6.03 Å². The molecule has 1 aromatic rings. The van der Waals surface area contributed by atoms with Crippen LogP contribution in [0.2, 0.25) is 0 Å². The molecule has 1 atom stereocenters. The highest BCUT2D eigenvalue weighted by Crippen LogP contribution is 2.29. The molecule has 4 nitrogen and oxygen atoms in total. The number of rotatable bonds is 4. The molecule has 2 amide bonds. The smallest absolute Gasteiger partial charge is 0.338 e. The number of urea groups is 1. The van der Waals surface area contributed by atoms with Gasteiger partial charge in [0.25, 0.3) is 0 Å². The van der Waals surface area contributed by atoms with Crippen LogP contribution in [0, 0.1) is 0 Å². The molecular formula is C18H26F3N3O. The zero-order valence-corrected chi connectivity index (χ0v) is 14.8. The van der Waals surface area contributed by atoms with Crippen LogP contribution in [-0.4, -0.2) is 55.6 Å². The number of benzene rings is 1. The normalized spacial score (nSPS) is 19.0. The lowest BCUT2D eigenvalue weighted by molar-refractivity contribution is -0.137. The molecule has 1 aliphatic rings. The fraction of sp³-hybridized carbons (Fsp3) is 0.611. The van der Waals surface area contributed by atoms with Gasteiger partial charge in [0.05, 0.1) is 5.56 Å². The first-order chi connectivity index (χ1) is 11.8. The summed E-state index contributed by atoms with van der Waals surface area (Å²) in [5.41, 5.74) is 0.122. The van der Waals surface area contributed by atoms with Crippen LogP contribution in [0.15, 0.2) is 24.3 Å². The lowest BCUT2D eigenvalue weighted by Gasteiger charge is -2.23. The highest BCUT2D eigenvalue weighted by molar-refractivity contribution is 5.74. The number of carbonyl (C=O) groups excluding carboxylic acids is 1. The minimum atomic E-state index is -4.32. The predicted molar refractivity (Wildman–Crippen MR) is 91.4 cm³/mol. The third kappa shape index (κ3) is 5.92. The van der Waals surface area contributed by atoms with E-state index in [2.05, 4.69) is 24.3 Å². The summed E-state index contributed by atoms with van der Waals surface area (Å²) in [6.45, 7) is 1.89.